The van der Waals surface area contributed by atoms with E-state index in [1.54, 1.807) is 19.4 Å². The quantitative estimate of drug-likeness (QED) is 0.853. The number of benzene rings is 1. The second-order valence-corrected chi connectivity index (χ2v) is 5.60. The van der Waals surface area contributed by atoms with Gasteiger partial charge in [0.1, 0.15) is 11.4 Å². The Balaban J connectivity index is 1.65. The Bertz CT molecular complexity index is 699. The number of para-hydroxylation sites is 2. The van der Waals surface area contributed by atoms with E-state index in [0.29, 0.717) is 12.2 Å². The summed E-state index contributed by atoms with van der Waals surface area (Å²) in [7, 11) is 1.62. The zero-order valence-corrected chi connectivity index (χ0v) is 13.6. The van der Waals surface area contributed by atoms with Gasteiger partial charge >= 0.3 is 0 Å². The van der Waals surface area contributed by atoms with Gasteiger partial charge in [0.15, 0.2) is 0 Å². The van der Waals surface area contributed by atoms with Crippen molar-refractivity contribution in [3.63, 3.8) is 0 Å². The van der Waals surface area contributed by atoms with Crippen LogP contribution in [0.25, 0.3) is 0 Å². The lowest BCUT2D eigenvalue weighted by molar-refractivity contribution is 0.0854. The second kappa shape index (κ2) is 7.79. The average molecular weight is 327 g/mol. The minimum atomic E-state index is -0.200. The summed E-state index contributed by atoms with van der Waals surface area (Å²) in [6.45, 7) is 1.29. The molecule has 24 heavy (non-hydrogen) atoms. The van der Waals surface area contributed by atoms with Crippen LogP contribution in [0.15, 0.2) is 42.6 Å². The molecule has 2 heterocycles. The minimum absolute atomic E-state index is 0.115. The van der Waals surface area contributed by atoms with Crippen molar-refractivity contribution >= 4 is 17.3 Å². The number of carbonyl (C=O) groups excluding carboxylic acids is 1. The molecule has 0 bridgehead atoms. The monoisotopic (exact) mass is 327 g/mol. The lowest BCUT2D eigenvalue weighted by atomic mass is 10.2. The molecule has 0 radical (unpaired) electrons. The fourth-order valence-electron chi connectivity index (χ4n) is 2.64. The maximum absolute atomic E-state index is 12.2. The van der Waals surface area contributed by atoms with Crippen LogP contribution in [0.2, 0.25) is 0 Å². The molecule has 1 aromatic heterocycles. The lowest BCUT2D eigenvalue weighted by Crippen LogP contribution is -2.32. The predicted molar refractivity (Wildman–Crippen MR) is 91.8 cm³/mol. The third-order valence-corrected chi connectivity index (χ3v) is 3.89. The van der Waals surface area contributed by atoms with Gasteiger partial charge in [-0.25, -0.2) is 0 Å². The second-order valence-electron chi connectivity index (χ2n) is 5.60. The number of amides is 1. The van der Waals surface area contributed by atoms with E-state index in [9.17, 15) is 4.79 Å². The number of anilines is 2. The molecule has 3 rings (SSSR count). The molecule has 1 aliphatic rings. The van der Waals surface area contributed by atoms with Crippen molar-refractivity contribution in [2.45, 2.75) is 18.9 Å². The minimum Gasteiger partial charge on any atom is -0.495 e. The fraction of sp³-hybridized carbons (Fsp3) is 0.333. The molecule has 2 aromatic rings. The largest absolute Gasteiger partial charge is 0.495 e. The van der Waals surface area contributed by atoms with Crippen LogP contribution in [0, 0.1) is 0 Å². The summed E-state index contributed by atoms with van der Waals surface area (Å²) in [4.78, 5) is 16.4. The Morgan fingerprint density at radius 2 is 2.25 bits per heavy atom. The van der Waals surface area contributed by atoms with Gasteiger partial charge in [-0.15, -0.1) is 0 Å². The molecule has 2 N–H and O–H groups in total. The van der Waals surface area contributed by atoms with Crippen molar-refractivity contribution in [2.75, 3.05) is 25.6 Å². The highest BCUT2D eigenvalue weighted by molar-refractivity contribution is 5.93. The zero-order valence-electron chi connectivity index (χ0n) is 13.6. The van der Waals surface area contributed by atoms with E-state index in [1.807, 2.05) is 30.3 Å². The number of nitrogens with one attached hydrogen (secondary N) is 2. The average Bonchev–Trinajstić information content (AvgIpc) is 3.14. The van der Waals surface area contributed by atoms with Crippen LogP contribution in [0.1, 0.15) is 23.3 Å². The molecule has 1 amide bonds. The molecule has 6 nitrogen and oxygen atoms in total. The zero-order chi connectivity index (χ0) is 16.8. The van der Waals surface area contributed by atoms with E-state index in [1.165, 1.54) is 0 Å². The molecule has 1 fully saturated rings. The van der Waals surface area contributed by atoms with Gasteiger partial charge in [0.2, 0.25) is 0 Å². The van der Waals surface area contributed by atoms with E-state index in [-0.39, 0.29) is 12.0 Å². The maximum Gasteiger partial charge on any atom is 0.270 e. The summed E-state index contributed by atoms with van der Waals surface area (Å²) in [6, 6.07) is 11.1. The molecule has 0 saturated carbocycles. The fourth-order valence-corrected chi connectivity index (χ4v) is 2.64. The Labute approximate surface area is 141 Å². The SMILES string of the molecule is COc1ccccc1Nc1ccnc(C(=O)NCC2CCCO2)c1. The first kappa shape index (κ1) is 16.3. The summed E-state index contributed by atoms with van der Waals surface area (Å²) < 4.78 is 10.8. The number of aromatic nitrogens is 1. The van der Waals surface area contributed by atoms with Crippen molar-refractivity contribution < 1.29 is 14.3 Å². The smallest absolute Gasteiger partial charge is 0.270 e. The maximum atomic E-state index is 12.2. The molecule has 1 aromatic carbocycles. The van der Waals surface area contributed by atoms with E-state index in [4.69, 9.17) is 9.47 Å². The molecule has 1 saturated heterocycles. The van der Waals surface area contributed by atoms with Gasteiger partial charge in [-0.2, -0.15) is 0 Å². The van der Waals surface area contributed by atoms with Gasteiger partial charge < -0.3 is 20.1 Å². The number of ether oxygens (including phenoxy) is 2. The Morgan fingerprint density at radius 3 is 3.04 bits per heavy atom. The molecule has 126 valence electrons. The summed E-state index contributed by atoms with van der Waals surface area (Å²) in [5, 5.41) is 6.12. The van der Waals surface area contributed by atoms with Gasteiger partial charge in [0.05, 0.1) is 18.9 Å². The van der Waals surface area contributed by atoms with E-state index in [2.05, 4.69) is 15.6 Å². The summed E-state index contributed by atoms with van der Waals surface area (Å²) in [6.07, 6.45) is 3.77. The van der Waals surface area contributed by atoms with Gasteiger partial charge in [-0.1, -0.05) is 12.1 Å². The molecule has 1 aliphatic heterocycles. The normalized spacial score (nSPS) is 16.6. The molecule has 1 unspecified atom stereocenters. The van der Waals surface area contributed by atoms with E-state index < -0.39 is 0 Å². The van der Waals surface area contributed by atoms with Crippen LogP contribution >= 0.6 is 0 Å². The number of methoxy groups -OCH3 is 1. The molecule has 6 heteroatoms. The highest BCUT2D eigenvalue weighted by atomic mass is 16.5. The van der Waals surface area contributed by atoms with Crippen molar-refractivity contribution in [1.82, 2.24) is 10.3 Å². The molecule has 1 atom stereocenters. The molecule has 0 aliphatic carbocycles. The van der Waals surface area contributed by atoms with Gasteiger partial charge in [0.25, 0.3) is 5.91 Å². The summed E-state index contributed by atoms with van der Waals surface area (Å²) in [5.41, 5.74) is 1.97. The van der Waals surface area contributed by atoms with Crippen molar-refractivity contribution in [3.8, 4) is 5.75 Å². The first-order valence-electron chi connectivity index (χ1n) is 8.02. The van der Waals surface area contributed by atoms with Crippen molar-refractivity contribution in [3.05, 3.63) is 48.3 Å². The predicted octanol–water partition coefficient (Wildman–Crippen LogP) is 2.74. The van der Waals surface area contributed by atoms with Gasteiger partial charge in [-0.3, -0.25) is 9.78 Å². The van der Waals surface area contributed by atoms with Crippen LogP contribution in [0.4, 0.5) is 11.4 Å². The molecular formula is C18H21N3O3. The Hall–Kier alpha value is -2.60. The van der Waals surface area contributed by atoms with Crippen molar-refractivity contribution in [2.24, 2.45) is 0 Å². The third kappa shape index (κ3) is 4.02. The number of hydrogen-bond donors (Lipinski definition) is 2. The standard InChI is InChI=1S/C18H21N3O3/c1-23-17-7-3-2-6-15(17)21-13-8-9-19-16(11-13)18(22)20-12-14-5-4-10-24-14/h2-3,6-9,11,14H,4-5,10,12H2,1H3,(H,19,21)(H,20,22). The molecule has 0 spiro atoms. The number of pyridine rings is 1. The first-order valence-corrected chi connectivity index (χ1v) is 8.02. The topological polar surface area (TPSA) is 72.5 Å². The highest BCUT2D eigenvalue weighted by Crippen LogP contribution is 2.26. The first-order chi connectivity index (χ1) is 11.8. The highest BCUT2D eigenvalue weighted by Gasteiger charge is 2.17. The van der Waals surface area contributed by atoms with Crippen LogP contribution in [-0.4, -0.2) is 37.3 Å². The van der Waals surface area contributed by atoms with Gasteiger partial charge in [-0.05, 0) is 37.1 Å². The number of rotatable bonds is 6. The Kier molecular flexibility index (Phi) is 5.28. The van der Waals surface area contributed by atoms with E-state index >= 15 is 0 Å². The van der Waals surface area contributed by atoms with Crippen molar-refractivity contribution in [1.29, 1.82) is 0 Å². The van der Waals surface area contributed by atoms with E-state index in [0.717, 1.165) is 36.6 Å². The number of hydrogen-bond acceptors (Lipinski definition) is 5. The molecular weight excluding hydrogens is 306 g/mol. The third-order valence-electron chi connectivity index (χ3n) is 3.89. The van der Waals surface area contributed by atoms with Crippen LogP contribution in [-0.2, 0) is 4.74 Å². The Morgan fingerprint density at radius 1 is 1.38 bits per heavy atom. The lowest BCUT2D eigenvalue weighted by Gasteiger charge is -2.12. The van der Waals surface area contributed by atoms with Gasteiger partial charge in [0, 0.05) is 25.0 Å². The number of carbonyl (C=O) groups is 1. The summed E-state index contributed by atoms with van der Waals surface area (Å²) >= 11 is 0. The van der Waals surface area contributed by atoms with Crippen LogP contribution in [0.3, 0.4) is 0 Å². The van der Waals surface area contributed by atoms with Crippen LogP contribution in [0.5, 0.6) is 5.75 Å². The summed E-state index contributed by atoms with van der Waals surface area (Å²) in [5.74, 6) is 0.535. The number of nitrogens with zero attached hydrogens (tertiary/aromatic N) is 1. The van der Waals surface area contributed by atoms with Crippen LogP contribution < -0.4 is 15.4 Å².